The van der Waals surface area contributed by atoms with Gasteiger partial charge in [0.05, 0.1) is 5.35 Å². The van der Waals surface area contributed by atoms with E-state index in [1.165, 1.54) is 16.4 Å². The number of benzene rings is 2. The van der Waals surface area contributed by atoms with Crippen molar-refractivity contribution in [2.24, 2.45) is 7.05 Å². The second-order valence-corrected chi connectivity index (χ2v) is 14.2. The molecule has 0 fully saturated rings. The Morgan fingerprint density at radius 3 is 2.49 bits per heavy atom. The van der Waals surface area contributed by atoms with E-state index in [0.29, 0.717) is 21.8 Å². The third-order valence-electron chi connectivity index (χ3n) is 7.03. The second kappa shape index (κ2) is 10.6. The lowest BCUT2D eigenvalue weighted by Crippen LogP contribution is -2.25. The van der Waals surface area contributed by atoms with Gasteiger partial charge < -0.3 is 14.8 Å². The van der Waals surface area contributed by atoms with Crippen LogP contribution in [0, 0.1) is 0 Å². The lowest BCUT2D eigenvalue weighted by molar-refractivity contribution is -0.130. The summed E-state index contributed by atoms with van der Waals surface area (Å²) < 4.78 is 7.92. The fourth-order valence-corrected chi connectivity index (χ4v) is 8.70. The van der Waals surface area contributed by atoms with Crippen LogP contribution < -0.4 is 16.4 Å². The molecule has 1 atom stereocenters. The third kappa shape index (κ3) is 4.64. The normalized spacial score (nSPS) is 18.3. The minimum atomic E-state index is -1.80. The molecule has 0 saturated carbocycles. The van der Waals surface area contributed by atoms with Crippen LogP contribution in [-0.4, -0.2) is 54.5 Å². The van der Waals surface area contributed by atoms with Crippen molar-refractivity contribution in [3.8, 4) is 22.5 Å². The average molecular weight is 566 g/mol. The molecule has 1 unspecified atom stereocenters. The first-order valence-corrected chi connectivity index (χ1v) is 15.6. The van der Waals surface area contributed by atoms with E-state index in [1.807, 2.05) is 50.2 Å². The minimum Gasteiger partial charge on any atom is -0.477 e. The van der Waals surface area contributed by atoms with Crippen LogP contribution >= 0.6 is 21.8 Å². The summed E-state index contributed by atoms with van der Waals surface area (Å²) in [6, 6.07) is 16.0. The van der Waals surface area contributed by atoms with E-state index >= 15 is 0 Å². The zero-order valence-electron chi connectivity index (χ0n) is 22.5. The molecule has 1 aliphatic rings. The Bertz CT molecular complexity index is 1750. The molecule has 3 heterocycles. The fourth-order valence-electron chi connectivity index (χ4n) is 5.01. The van der Waals surface area contributed by atoms with Gasteiger partial charge in [0.2, 0.25) is 0 Å². The first kappa shape index (κ1) is 27.0. The fraction of sp³-hybridized carbons (Fsp3) is 0.286. The molecule has 2 aromatic carbocycles. The summed E-state index contributed by atoms with van der Waals surface area (Å²) >= 11 is 1.58. The van der Waals surface area contributed by atoms with Crippen LogP contribution in [0.3, 0.4) is 0 Å². The van der Waals surface area contributed by atoms with Crippen molar-refractivity contribution < 1.29 is 14.6 Å². The number of rotatable bonds is 9. The van der Waals surface area contributed by atoms with Gasteiger partial charge in [-0.1, -0.05) is 67.2 Å². The summed E-state index contributed by atoms with van der Waals surface area (Å²) in [5.41, 5.74) is 3.57. The quantitative estimate of drug-likeness (QED) is 0.299. The second-order valence-electron chi connectivity index (χ2n) is 9.45. The monoisotopic (exact) mass is 565 g/mol. The largest absolute Gasteiger partial charge is 0.477 e. The number of thioether (sulfide) groups is 1. The van der Waals surface area contributed by atoms with Crippen LogP contribution in [-0.2, 0) is 29.1 Å². The van der Waals surface area contributed by atoms with E-state index in [2.05, 4.69) is 33.5 Å². The van der Waals surface area contributed by atoms with E-state index in [1.54, 1.807) is 18.8 Å². The van der Waals surface area contributed by atoms with E-state index in [-0.39, 0.29) is 12.4 Å². The van der Waals surface area contributed by atoms with Crippen molar-refractivity contribution in [1.82, 2.24) is 24.3 Å². The molecule has 0 radical (unpaired) electrons. The maximum atomic E-state index is 12.6. The highest BCUT2D eigenvalue weighted by atomic mass is 32.3. The molecule has 0 spiro atoms. The number of carbonyl (C=O) groups is 1. The number of nitrogens with one attached hydrogen (secondary N) is 1. The Labute approximate surface area is 231 Å². The summed E-state index contributed by atoms with van der Waals surface area (Å²) in [6.07, 6.45) is 2.06. The molecule has 2 aromatic heterocycles. The Hall–Kier alpha value is -3.54. The first-order valence-electron chi connectivity index (χ1n) is 12.4. The SMILES string of the molecule is CCSc1nc2c([nH]1)=C(C)S(C)(Cc1ccc(-c3ccccc3-c3nn(COC)c(=O)n3C)cc1)C=2C(=O)O. The number of methoxy groups -OCH3 is 1. The number of nitrogens with zero attached hydrogens (tertiary/aromatic N) is 4. The van der Waals surface area contributed by atoms with Crippen molar-refractivity contribution in [3.63, 3.8) is 0 Å². The zero-order valence-corrected chi connectivity index (χ0v) is 24.2. The van der Waals surface area contributed by atoms with Crippen LogP contribution in [0.5, 0.6) is 0 Å². The van der Waals surface area contributed by atoms with Gasteiger partial charge >= 0.3 is 11.7 Å². The van der Waals surface area contributed by atoms with Gasteiger partial charge in [-0.05, 0) is 40.5 Å². The van der Waals surface area contributed by atoms with Gasteiger partial charge in [-0.25, -0.2) is 14.6 Å². The molecule has 5 rings (SSSR count). The molecule has 0 saturated heterocycles. The molecule has 9 nitrogen and oxygen atoms in total. The number of aliphatic carboxylic acids is 1. The van der Waals surface area contributed by atoms with Crippen molar-refractivity contribution >= 4 is 37.6 Å². The number of carboxylic acid groups (broad SMARTS) is 1. The van der Waals surface area contributed by atoms with Crippen LogP contribution in [0.4, 0.5) is 0 Å². The molecule has 0 aliphatic carbocycles. The molecule has 0 amide bonds. The van der Waals surface area contributed by atoms with Crippen molar-refractivity contribution in [2.45, 2.75) is 31.5 Å². The number of carboxylic acids is 1. The smallest absolute Gasteiger partial charge is 0.348 e. The number of imidazole rings is 1. The maximum absolute atomic E-state index is 12.6. The topological polar surface area (TPSA) is 115 Å². The maximum Gasteiger partial charge on any atom is 0.348 e. The highest BCUT2D eigenvalue weighted by molar-refractivity contribution is 8.47. The summed E-state index contributed by atoms with van der Waals surface area (Å²) in [6.45, 7) is 4.15. The predicted octanol–water partition coefficient (Wildman–Crippen LogP) is 3.32. The number of aromatic nitrogens is 5. The zero-order chi connectivity index (χ0) is 27.9. The molecule has 1 aliphatic heterocycles. The lowest BCUT2D eigenvalue weighted by atomic mass is 9.98. The van der Waals surface area contributed by atoms with E-state index in [9.17, 15) is 14.7 Å². The third-order valence-corrected chi connectivity index (χ3v) is 11.5. The highest BCUT2D eigenvalue weighted by Crippen LogP contribution is 2.63. The Morgan fingerprint density at radius 2 is 1.85 bits per heavy atom. The summed E-state index contributed by atoms with van der Waals surface area (Å²) in [5.74, 6) is 1.12. The van der Waals surface area contributed by atoms with E-state index in [0.717, 1.165) is 43.4 Å². The average Bonchev–Trinajstić information content (AvgIpc) is 3.50. The Kier molecular flexibility index (Phi) is 7.32. The van der Waals surface area contributed by atoms with Crippen LogP contribution in [0.2, 0.25) is 0 Å². The highest BCUT2D eigenvalue weighted by Gasteiger charge is 2.37. The number of H-pyrrole nitrogens is 1. The number of aromatic amines is 1. The molecule has 2 N–H and O–H groups in total. The Morgan fingerprint density at radius 1 is 1.15 bits per heavy atom. The van der Waals surface area contributed by atoms with Crippen molar-refractivity contribution in [2.75, 3.05) is 19.1 Å². The van der Waals surface area contributed by atoms with Gasteiger partial charge in [0.15, 0.2) is 11.0 Å². The standard InChI is InChI=1S/C28H31N5O4S2/c1-6-38-27-29-22-17(2)39(5,24(26(34)35)23(22)30-27)15-18-11-13-19(14-12-18)20-9-7-8-10-21(20)25-31-33(16-37-4)28(36)32(25)3/h7-14H,6,15-16H2,1-5H3,(H,29,30)(H,34,35). The van der Waals surface area contributed by atoms with Crippen molar-refractivity contribution in [3.05, 3.63) is 75.3 Å². The Balaban J connectivity index is 1.49. The summed E-state index contributed by atoms with van der Waals surface area (Å²) in [5, 5.41) is 16.9. The van der Waals surface area contributed by atoms with Gasteiger partial charge in [0.25, 0.3) is 0 Å². The van der Waals surface area contributed by atoms with E-state index in [4.69, 9.17) is 4.74 Å². The van der Waals surface area contributed by atoms with Gasteiger partial charge in [0.1, 0.15) is 17.0 Å². The predicted molar refractivity (Wildman–Crippen MR) is 157 cm³/mol. The minimum absolute atomic E-state index is 0.0777. The van der Waals surface area contributed by atoms with Crippen LogP contribution in [0.25, 0.3) is 32.3 Å². The van der Waals surface area contributed by atoms with E-state index < -0.39 is 16.0 Å². The molecular weight excluding hydrogens is 534 g/mol. The molecule has 4 aromatic rings. The van der Waals surface area contributed by atoms with Gasteiger partial charge in [0, 0.05) is 25.5 Å². The number of hydrogen-bond donors (Lipinski definition) is 2. The summed E-state index contributed by atoms with van der Waals surface area (Å²) in [7, 11) is 1.43. The number of ether oxygens (including phenoxy) is 1. The summed E-state index contributed by atoms with van der Waals surface area (Å²) in [4.78, 5) is 34.5. The lowest BCUT2D eigenvalue weighted by Gasteiger charge is -2.34. The van der Waals surface area contributed by atoms with Crippen LogP contribution in [0.15, 0.2) is 58.5 Å². The number of fused-ring (bicyclic) bond motifs is 1. The van der Waals surface area contributed by atoms with Crippen LogP contribution in [0.1, 0.15) is 19.4 Å². The molecule has 204 valence electrons. The first-order chi connectivity index (χ1) is 18.7. The van der Waals surface area contributed by atoms with Gasteiger partial charge in [-0.3, -0.25) is 4.57 Å². The van der Waals surface area contributed by atoms with Gasteiger partial charge in [-0.2, -0.15) is 14.7 Å². The molecule has 0 bridgehead atoms. The van der Waals surface area contributed by atoms with Gasteiger partial charge in [-0.15, -0.1) is 5.10 Å². The molecule has 11 heteroatoms. The number of hydrogen-bond acceptors (Lipinski definition) is 6. The molecule has 39 heavy (non-hydrogen) atoms. The van der Waals surface area contributed by atoms with Crippen molar-refractivity contribution in [1.29, 1.82) is 0 Å². The molecular formula is C28H31N5O4S2.